The zero-order valence-corrected chi connectivity index (χ0v) is 8.54. The van der Waals surface area contributed by atoms with Crippen LogP contribution in [0.4, 0.5) is 13.2 Å². The summed E-state index contributed by atoms with van der Waals surface area (Å²) in [6.45, 7) is 3.99. The molecular weight excluding hydrogens is 209 g/mol. The monoisotopic (exact) mass is 222 g/mol. The fraction of sp³-hybridized carbons (Fsp3) is 0.667. The molecule has 1 aromatic heterocycles. The van der Waals surface area contributed by atoms with Crippen molar-refractivity contribution in [1.29, 1.82) is 0 Å². The molecule has 0 aliphatic carbocycles. The second kappa shape index (κ2) is 4.22. The largest absolute Gasteiger partial charge is 0.414 e. The SMILES string of the molecule is CCn1nc(C)cc1C[C@@H](O)C(F)(F)F. The molecule has 1 aromatic rings. The van der Waals surface area contributed by atoms with Crippen LogP contribution in [0.25, 0.3) is 0 Å². The van der Waals surface area contributed by atoms with Gasteiger partial charge in [0.25, 0.3) is 0 Å². The Labute approximate surface area is 85.5 Å². The van der Waals surface area contributed by atoms with Gasteiger partial charge in [-0.2, -0.15) is 18.3 Å². The Morgan fingerprint density at radius 3 is 2.60 bits per heavy atom. The first kappa shape index (κ1) is 12.0. The van der Waals surface area contributed by atoms with Gasteiger partial charge in [0.1, 0.15) is 0 Å². The number of aryl methyl sites for hydroxylation is 2. The van der Waals surface area contributed by atoms with Crippen LogP contribution >= 0.6 is 0 Å². The number of halogens is 3. The number of aromatic nitrogens is 2. The maximum Gasteiger partial charge on any atom is 0.414 e. The minimum atomic E-state index is -4.57. The molecule has 1 atom stereocenters. The number of aliphatic hydroxyl groups is 1. The predicted octanol–water partition coefficient (Wildman–Crippen LogP) is 1.68. The fourth-order valence-electron chi connectivity index (χ4n) is 1.35. The Hall–Kier alpha value is -1.04. The van der Waals surface area contributed by atoms with Gasteiger partial charge >= 0.3 is 6.18 Å². The molecule has 0 saturated heterocycles. The zero-order chi connectivity index (χ0) is 11.6. The Kier molecular flexibility index (Phi) is 3.38. The number of hydrogen-bond acceptors (Lipinski definition) is 2. The number of hydrogen-bond donors (Lipinski definition) is 1. The summed E-state index contributed by atoms with van der Waals surface area (Å²) in [5.74, 6) is 0. The molecule has 1 rings (SSSR count). The van der Waals surface area contributed by atoms with Crippen LogP contribution in [0.5, 0.6) is 0 Å². The molecule has 1 N–H and O–H groups in total. The number of alkyl halides is 3. The number of aliphatic hydroxyl groups excluding tert-OH is 1. The van der Waals surface area contributed by atoms with Gasteiger partial charge in [0.15, 0.2) is 6.10 Å². The van der Waals surface area contributed by atoms with Crippen molar-refractivity contribution in [3.63, 3.8) is 0 Å². The fourth-order valence-corrected chi connectivity index (χ4v) is 1.35. The van der Waals surface area contributed by atoms with Crippen molar-refractivity contribution in [2.75, 3.05) is 0 Å². The molecule has 0 bridgehead atoms. The summed E-state index contributed by atoms with van der Waals surface area (Å²) < 4.78 is 37.8. The molecule has 0 unspecified atom stereocenters. The third kappa shape index (κ3) is 2.95. The highest BCUT2D eigenvalue weighted by Gasteiger charge is 2.38. The minimum absolute atomic E-state index is 0.403. The molecule has 0 radical (unpaired) electrons. The van der Waals surface area contributed by atoms with Crippen LogP contribution in [0.3, 0.4) is 0 Å². The average Bonchev–Trinajstić information content (AvgIpc) is 2.44. The molecule has 0 aromatic carbocycles. The maximum absolute atomic E-state index is 12.1. The van der Waals surface area contributed by atoms with E-state index in [0.717, 1.165) is 0 Å². The number of rotatable bonds is 3. The van der Waals surface area contributed by atoms with E-state index >= 15 is 0 Å². The third-order valence-electron chi connectivity index (χ3n) is 2.07. The third-order valence-corrected chi connectivity index (χ3v) is 2.07. The highest BCUT2D eigenvalue weighted by Crippen LogP contribution is 2.23. The van der Waals surface area contributed by atoms with E-state index in [1.807, 2.05) is 0 Å². The van der Waals surface area contributed by atoms with Crippen molar-refractivity contribution in [2.45, 2.75) is 39.1 Å². The quantitative estimate of drug-likeness (QED) is 0.844. The van der Waals surface area contributed by atoms with Gasteiger partial charge < -0.3 is 5.11 Å². The molecule has 0 amide bonds. The highest BCUT2D eigenvalue weighted by molar-refractivity contribution is 5.10. The normalized spacial score (nSPS) is 14.3. The molecule has 15 heavy (non-hydrogen) atoms. The Bertz CT molecular complexity index is 333. The van der Waals surface area contributed by atoms with E-state index in [9.17, 15) is 13.2 Å². The molecule has 0 saturated carbocycles. The van der Waals surface area contributed by atoms with Crippen molar-refractivity contribution in [3.05, 3.63) is 17.5 Å². The summed E-state index contributed by atoms with van der Waals surface area (Å²) in [5.41, 5.74) is 1.06. The van der Waals surface area contributed by atoms with Crippen LogP contribution < -0.4 is 0 Å². The lowest BCUT2D eigenvalue weighted by Crippen LogP contribution is -2.31. The van der Waals surface area contributed by atoms with Crippen LogP contribution in [-0.2, 0) is 13.0 Å². The first-order valence-corrected chi connectivity index (χ1v) is 4.62. The Balaban J connectivity index is 2.80. The molecule has 0 aliphatic rings. The van der Waals surface area contributed by atoms with Crippen LogP contribution in [0, 0.1) is 6.92 Å². The summed E-state index contributed by atoms with van der Waals surface area (Å²) in [7, 11) is 0. The summed E-state index contributed by atoms with van der Waals surface area (Å²) in [4.78, 5) is 0. The highest BCUT2D eigenvalue weighted by atomic mass is 19.4. The van der Waals surface area contributed by atoms with Crippen LogP contribution in [0.1, 0.15) is 18.3 Å². The lowest BCUT2D eigenvalue weighted by molar-refractivity contribution is -0.203. The van der Waals surface area contributed by atoms with E-state index < -0.39 is 18.7 Å². The van der Waals surface area contributed by atoms with Crippen LogP contribution in [-0.4, -0.2) is 27.2 Å². The first-order chi connectivity index (χ1) is 6.84. The van der Waals surface area contributed by atoms with E-state index in [0.29, 0.717) is 17.9 Å². The molecule has 0 aliphatic heterocycles. The van der Waals surface area contributed by atoms with Crippen molar-refractivity contribution in [2.24, 2.45) is 0 Å². The van der Waals surface area contributed by atoms with Gasteiger partial charge in [0, 0.05) is 18.7 Å². The van der Waals surface area contributed by atoms with Crippen LogP contribution in [0.15, 0.2) is 6.07 Å². The van der Waals surface area contributed by atoms with Crippen LogP contribution in [0.2, 0.25) is 0 Å². The number of nitrogens with zero attached hydrogens (tertiary/aromatic N) is 2. The van der Waals surface area contributed by atoms with Crippen molar-refractivity contribution >= 4 is 0 Å². The van der Waals surface area contributed by atoms with Gasteiger partial charge in [-0.1, -0.05) is 0 Å². The van der Waals surface area contributed by atoms with Gasteiger partial charge in [0.05, 0.1) is 5.69 Å². The average molecular weight is 222 g/mol. The summed E-state index contributed by atoms with van der Waals surface area (Å²) in [6, 6.07) is 1.55. The van der Waals surface area contributed by atoms with E-state index in [-0.39, 0.29) is 0 Å². The lowest BCUT2D eigenvalue weighted by Gasteiger charge is -2.14. The van der Waals surface area contributed by atoms with E-state index in [1.165, 1.54) is 4.68 Å². The van der Waals surface area contributed by atoms with Crippen molar-refractivity contribution in [3.8, 4) is 0 Å². The second-order valence-corrected chi connectivity index (χ2v) is 3.35. The Morgan fingerprint density at radius 2 is 2.13 bits per heavy atom. The smallest absolute Gasteiger partial charge is 0.383 e. The molecule has 1 heterocycles. The molecule has 0 fully saturated rings. The molecule has 3 nitrogen and oxygen atoms in total. The molecule has 6 heteroatoms. The summed E-state index contributed by atoms with van der Waals surface area (Å²) in [6.07, 6.45) is -7.34. The van der Waals surface area contributed by atoms with Gasteiger partial charge in [-0.05, 0) is 19.9 Å². The minimum Gasteiger partial charge on any atom is -0.383 e. The maximum atomic E-state index is 12.1. The van der Waals surface area contributed by atoms with E-state index in [1.54, 1.807) is 19.9 Å². The lowest BCUT2D eigenvalue weighted by atomic mass is 10.2. The van der Waals surface area contributed by atoms with Crippen molar-refractivity contribution in [1.82, 2.24) is 9.78 Å². The molecule has 0 spiro atoms. The standard InChI is InChI=1S/C9H13F3N2O/c1-3-14-7(4-6(2)13-14)5-8(15)9(10,11)12/h4,8,15H,3,5H2,1-2H3/t8-/m1/s1. The molecule has 86 valence electrons. The van der Waals surface area contributed by atoms with Gasteiger partial charge in [-0.3, -0.25) is 4.68 Å². The topological polar surface area (TPSA) is 38.0 Å². The Morgan fingerprint density at radius 1 is 1.53 bits per heavy atom. The molecular formula is C9H13F3N2O. The summed E-state index contributed by atoms with van der Waals surface area (Å²) >= 11 is 0. The first-order valence-electron chi connectivity index (χ1n) is 4.62. The van der Waals surface area contributed by atoms with E-state index in [4.69, 9.17) is 5.11 Å². The predicted molar refractivity (Wildman–Crippen MR) is 48.4 cm³/mol. The van der Waals surface area contributed by atoms with Gasteiger partial charge in [-0.15, -0.1) is 0 Å². The zero-order valence-electron chi connectivity index (χ0n) is 8.54. The van der Waals surface area contributed by atoms with Crippen molar-refractivity contribution < 1.29 is 18.3 Å². The van der Waals surface area contributed by atoms with E-state index in [2.05, 4.69) is 5.10 Å². The second-order valence-electron chi connectivity index (χ2n) is 3.35. The van der Waals surface area contributed by atoms with Gasteiger partial charge in [-0.25, -0.2) is 0 Å². The summed E-state index contributed by atoms with van der Waals surface area (Å²) in [5, 5.41) is 12.9. The van der Waals surface area contributed by atoms with Gasteiger partial charge in [0.2, 0.25) is 0 Å².